The Morgan fingerprint density at radius 2 is 2.13 bits per heavy atom. The monoisotopic (exact) mass is 318 g/mol. The molecular formula is C17H26N4O2. The molecule has 0 aliphatic carbocycles. The molecule has 0 unspecified atom stereocenters. The largest absolute Gasteiger partial charge is 0.376 e. The van der Waals surface area contributed by atoms with Crippen LogP contribution in [0.1, 0.15) is 61.6 Å². The number of carbonyl (C=O) groups is 1. The average Bonchev–Trinajstić information content (AvgIpc) is 3.25. The molecule has 23 heavy (non-hydrogen) atoms. The number of nitrogens with zero attached hydrogens (tertiary/aromatic N) is 3. The Labute approximate surface area is 137 Å². The number of rotatable bonds is 5. The summed E-state index contributed by atoms with van der Waals surface area (Å²) in [4.78, 5) is 23.8. The number of aromatic nitrogens is 2. The molecule has 0 saturated carbocycles. The highest BCUT2D eigenvalue weighted by atomic mass is 16.5. The van der Waals surface area contributed by atoms with E-state index in [1.54, 1.807) is 0 Å². The Bertz CT molecular complexity index is 550. The molecule has 3 heterocycles. The fourth-order valence-corrected chi connectivity index (χ4v) is 3.03. The first-order chi connectivity index (χ1) is 11.1. The van der Waals surface area contributed by atoms with Gasteiger partial charge in [0.05, 0.1) is 6.10 Å². The second-order valence-electron chi connectivity index (χ2n) is 6.67. The van der Waals surface area contributed by atoms with Gasteiger partial charge < -0.3 is 15.0 Å². The van der Waals surface area contributed by atoms with Crippen LogP contribution in [-0.4, -0.2) is 48.2 Å². The lowest BCUT2D eigenvalue weighted by atomic mass is 10.1. The number of carbonyl (C=O) groups excluding carboxylic acids is 1. The lowest BCUT2D eigenvalue weighted by molar-refractivity contribution is 0.0853. The molecule has 1 atom stereocenters. The summed E-state index contributed by atoms with van der Waals surface area (Å²) in [6.45, 7) is 7.47. The minimum Gasteiger partial charge on any atom is -0.376 e. The molecule has 2 saturated heterocycles. The number of amides is 1. The zero-order chi connectivity index (χ0) is 16.2. The first kappa shape index (κ1) is 16.2. The molecule has 3 rings (SSSR count). The molecule has 2 aliphatic rings. The van der Waals surface area contributed by atoms with E-state index >= 15 is 0 Å². The van der Waals surface area contributed by atoms with Crippen LogP contribution in [-0.2, 0) is 4.74 Å². The van der Waals surface area contributed by atoms with E-state index in [0.29, 0.717) is 18.2 Å². The number of nitrogens with one attached hydrogen (secondary N) is 1. The van der Waals surface area contributed by atoms with Gasteiger partial charge in [-0.05, 0) is 37.7 Å². The van der Waals surface area contributed by atoms with E-state index in [0.717, 1.165) is 51.1 Å². The molecule has 2 fully saturated rings. The van der Waals surface area contributed by atoms with Crippen molar-refractivity contribution < 1.29 is 9.53 Å². The number of hydrogen-bond donors (Lipinski definition) is 1. The second kappa shape index (κ2) is 7.25. The SMILES string of the molecule is CC(C)c1cc(C(=O)NC[C@@H]2CCCO2)nc(N2CCCC2)n1. The molecule has 2 aliphatic heterocycles. The molecule has 1 amide bonds. The predicted molar refractivity (Wildman–Crippen MR) is 88.9 cm³/mol. The molecule has 6 heteroatoms. The number of anilines is 1. The van der Waals surface area contributed by atoms with Crippen molar-refractivity contribution in [3.8, 4) is 0 Å². The molecule has 6 nitrogen and oxygen atoms in total. The number of ether oxygens (including phenoxy) is 1. The van der Waals surface area contributed by atoms with Crippen molar-refractivity contribution >= 4 is 11.9 Å². The van der Waals surface area contributed by atoms with Crippen molar-refractivity contribution in [3.05, 3.63) is 17.5 Å². The van der Waals surface area contributed by atoms with Gasteiger partial charge >= 0.3 is 0 Å². The summed E-state index contributed by atoms with van der Waals surface area (Å²) < 4.78 is 5.55. The lowest BCUT2D eigenvalue weighted by Gasteiger charge is -2.18. The quantitative estimate of drug-likeness (QED) is 0.900. The van der Waals surface area contributed by atoms with Gasteiger partial charge in [-0.15, -0.1) is 0 Å². The van der Waals surface area contributed by atoms with Crippen LogP contribution in [0.3, 0.4) is 0 Å². The van der Waals surface area contributed by atoms with Gasteiger partial charge in [0.1, 0.15) is 5.69 Å². The minimum absolute atomic E-state index is 0.134. The first-order valence-electron chi connectivity index (χ1n) is 8.67. The van der Waals surface area contributed by atoms with Gasteiger partial charge in [0, 0.05) is 31.9 Å². The third-order valence-corrected chi connectivity index (χ3v) is 4.46. The maximum absolute atomic E-state index is 12.5. The standard InChI is InChI=1S/C17H26N4O2/c1-12(2)14-10-15(16(22)18-11-13-6-5-9-23-13)20-17(19-14)21-7-3-4-8-21/h10,12-13H,3-9,11H2,1-2H3,(H,18,22)/t13-/m0/s1. The van der Waals surface area contributed by atoms with Crippen molar-refractivity contribution in [2.75, 3.05) is 31.1 Å². The highest BCUT2D eigenvalue weighted by Crippen LogP contribution is 2.20. The first-order valence-corrected chi connectivity index (χ1v) is 8.67. The van der Waals surface area contributed by atoms with Crippen LogP contribution in [0.15, 0.2) is 6.07 Å². The van der Waals surface area contributed by atoms with Gasteiger partial charge in [0.15, 0.2) is 0 Å². The molecule has 1 aromatic rings. The molecule has 0 radical (unpaired) electrons. The fraction of sp³-hybridized carbons (Fsp3) is 0.706. The average molecular weight is 318 g/mol. The van der Waals surface area contributed by atoms with E-state index in [-0.39, 0.29) is 17.9 Å². The van der Waals surface area contributed by atoms with Crippen molar-refractivity contribution in [3.63, 3.8) is 0 Å². The summed E-state index contributed by atoms with van der Waals surface area (Å²) in [6.07, 6.45) is 4.56. The van der Waals surface area contributed by atoms with E-state index in [1.165, 1.54) is 0 Å². The highest BCUT2D eigenvalue weighted by Gasteiger charge is 2.21. The third-order valence-electron chi connectivity index (χ3n) is 4.46. The van der Waals surface area contributed by atoms with Crippen LogP contribution in [0.4, 0.5) is 5.95 Å². The van der Waals surface area contributed by atoms with Crippen molar-refractivity contribution in [1.29, 1.82) is 0 Å². The Hall–Kier alpha value is -1.69. The summed E-state index contributed by atoms with van der Waals surface area (Å²) in [5.41, 5.74) is 1.38. The van der Waals surface area contributed by atoms with E-state index in [9.17, 15) is 4.79 Å². The highest BCUT2D eigenvalue weighted by molar-refractivity contribution is 5.92. The van der Waals surface area contributed by atoms with Crippen molar-refractivity contribution in [2.45, 2.75) is 51.6 Å². The zero-order valence-corrected chi connectivity index (χ0v) is 14.0. The summed E-state index contributed by atoms with van der Waals surface area (Å²) in [5, 5.41) is 2.95. The normalized spacial score (nSPS) is 21.2. The second-order valence-corrected chi connectivity index (χ2v) is 6.67. The van der Waals surface area contributed by atoms with Gasteiger partial charge in [-0.2, -0.15) is 0 Å². The minimum atomic E-state index is -0.134. The van der Waals surface area contributed by atoms with Crippen LogP contribution in [0, 0.1) is 0 Å². The lowest BCUT2D eigenvalue weighted by Crippen LogP contribution is -2.33. The van der Waals surface area contributed by atoms with E-state index in [2.05, 4.69) is 34.0 Å². The van der Waals surface area contributed by atoms with Crippen LogP contribution >= 0.6 is 0 Å². The molecule has 0 bridgehead atoms. The van der Waals surface area contributed by atoms with Gasteiger partial charge in [0.25, 0.3) is 5.91 Å². The third kappa shape index (κ3) is 3.99. The molecule has 1 aromatic heterocycles. The summed E-state index contributed by atoms with van der Waals surface area (Å²) in [7, 11) is 0. The van der Waals surface area contributed by atoms with Gasteiger partial charge in [-0.1, -0.05) is 13.8 Å². The fourth-order valence-electron chi connectivity index (χ4n) is 3.03. The van der Waals surface area contributed by atoms with Crippen molar-refractivity contribution in [2.24, 2.45) is 0 Å². The van der Waals surface area contributed by atoms with Gasteiger partial charge in [-0.3, -0.25) is 4.79 Å². The van der Waals surface area contributed by atoms with Gasteiger partial charge in [-0.25, -0.2) is 9.97 Å². The van der Waals surface area contributed by atoms with E-state index in [4.69, 9.17) is 4.74 Å². The number of hydrogen-bond acceptors (Lipinski definition) is 5. The maximum atomic E-state index is 12.5. The molecule has 0 aromatic carbocycles. The van der Waals surface area contributed by atoms with Crippen LogP contribution in [0.5, 0.6) is 0 Å². The zero-order valence-electron chi connectivity index (χ0n) is 14.0. The van der Waals surface area contributed by atoms with E-state index < -0.39 is 0 Å². The maximum Gasteiger partial charge on any atom is 0.270 e. The molecule has 0 spiro atoms. The van der Waals surface area contributed by atoms with Crippen LogP contribution in [0.25, 0.3) is 0 Å². The Balaban J connectivity index is 1.74. The van der Waals surface area contributed by atoms with Crippen LogP contribution < -0.4 is 10.2 Å². The van der Waals surface area contributed by atoms with Crippen LogP contribution in [0.2, 0.25) is 0 Å². The predicted octanol–water partition coefficient (Wildman–Crippen LogP) is 2.11. The Morgan fingerprint density at radius 1 is 1.35 bits per heavy atom. The topological polar surface area (TPSA) is 67.3 Å². The molecule has 1 N–H and O–H groups in total. The van der Waals surface area contributed by atoms with Crippen molar-refractivity contribution in [1.82, 2.24) is 15.3 Å². The summed E-state index contributed by atoms with van der Waals surface area (Å²) in [6, 6.07) is 1.81. The van der Waals surface area contributed by atoms with Gasteiger partial charge in [0.2, 0.25) is 5.95 Å². The summed E-state index contributed by atoms with van der Waals surface area (Å²) >= 11 is 0. The van der Waals surface area contributed by atoms with E-state index in [1.807, 2.05) is 6.07 Å². The summed E-state index contributed by atoms with van der Waals surface area (Å²) in [5.74, 6) is 0.824. The Morgan fingerprint density at radius 3 is 2.78 bits per heavy atom. The molecular weight excluding hydrogens is 292 g/mol. The Kier molecular flexibility index (Phi) is 5.10. The smallest absolute Gasteiger partial charge is 0.270 e. The molecule has 126 valence electrons.